The van der Waals surface area contributed by atoms with Crippen LogP contribution < -0.4 is 0 Å². The van der Waals surface area contributed by atoms with Crippen molar-refractivity contribution in [3.05, 3.63) is 35.4 Å². The van der Waals surface area contributed by atoms with Gasteiger partial charge in [0, 0.05) is 0 Å². The van der Waals surface area contributed by atoms with Gasteiger partial charge in [0.25, 0.3) is 0 Å². The highest BCUT2D eigenvalue weighted by atomic mass is 32.2. The van der Waals surface area contributed by atoms with Gasteiger partial charge in [0.2, 0.25) is 0 Å². The van der Waals surface area contributed by atoms with E-state index in [4.69, 9.17) is 0 Å². The van der Waals surface area contributed by atoms with Crippen LogP contribution in [-0.2, 0) is 15.4 Å². The van der Waals surface area contributed by atoms with Crippen molar-refractivity contribution in [1.82, 2.24) is 0 Å². The van der Waals surface area contributed by atoms with E-state index in [1.165, 1.54) is 5.56 Å². The molecule has 2 bridgehead atoms. The van der Waals surface area contributed by atoms with Crippen molar-refractivity contribution in [1.29, 1.82) is 0 Å². The molecule has 1 aromatic carbocycles. The molecule has 2 unspecified atom stereocenters. The van der Waals surface area contributed by atoms with E-state index in [0.717, 1.165) is 5.56 Å². The SMILES string of the molecule is CC(C)c1cccc(C2(O)CC3CCC(C2)S3(=O)=O)c1. The van der Waals surface area contributed by atoms with Crippen LogP contribution in [0.25, 0.3) is 0 Å². The van der Waals surface area contributed by atoms with Crippen molar-refractivity contribution in [3.8, 4) is 0 Å². The average Bonchev–Trinajstić information content (AvgIpc) is 2.59. The quantitative estimate of drug-likeness (QED) is 0.912. The summed E-state index contributed by atoms with van der Waals surface area (Å²) in [4.78, 5) is 0. The molecular formula is C16H22O3S. The second-order valence-electron chi connectivity index (χ2n) is 6.63. The maximum Gasteiger partial charge on any atom is 0.156 e. The highest BCUT2D eigenvalue weighted by molar-refractivity contribution is 7.93. The first-order valence-electron chi connectivity index (χ1n) is 7.38. The topological polar surface area (TPSA) is 54.4 Å². The second kappa shape index (κ2) is 4.57. The van der Waals surface area contributed by atoms with E-state index in [-0.39, 0.29) is 10.5 Å². The van der Waals surface area contributed by atoms with Crippen LogP contribution in [0.4, 0.5) is 0 Å². The summed E-state index contributed by atoms with van der Waals surface area (Å²) in [5, 5.41) is 10.3. The summed E-state index contributed by atoms with van der Waals surface area (Å²) in [6.07, 6.45) is 2.12. The summed E-state index contributed by atoms with van der Waals surface area (Å²) in [5.74, 6) is 0.405. The molecule has 1 N–H and O–H groups in total. The summed E-state index contributed by atoms with van der Waals surface area (Å²) in [6.45, 7) is 4.25. The fourth-order valence-corrected chi connectivity index (χ4v) is 6.16. The van der Waals surface area contributed by atoms with Crippen molar-refractivity contribution in [2.24, 2.45) is 0 Å². The fourth-order valence-electron chi connectivity index (χ4n) is 3.67. The van der Waals surface area contributed by atoms with E-state index in [0.29, 0.717) is 31.6 Å². The molecule has 0 aliphatic carbocycles. The number of hydrogen-bond acceptors (Lipinski definition) is 3. The third kappa shape index (κ3) is 2.09. The third-order valence-electron chi connectivity index (χ3n) is 4.96. The molecule has 2 aliphatic rings. The zero-order valence-corrected chi connectivity index (χ0v) is 12.9. The van der Waals surface area contributed by atoms with E-state index in [9.17, 15) is 13.5 Å². The second-order valence-corrected chi connectivity index (χ2v) is 9.14. The first kappa shape index (κ1) is 14.1. The Morgan fingerprint density at radius 3 is 2.35 bits per heavy atom. The molecule has 4 heteroatoms. The van der Waals surface area contributed by atoms with E-state index < -0.39 is 15.4 Å². The number of aliphatic hydroxyl groups is 1. The van der Waals surface area contributed by atoms with Gasteiger partial charge in [-0.05, 0) is 42.7 Å². The number of rotatable bonds is 2. The maximum absolute atomic E-state index is 12.2. The van der Waals surface area contributed by atoms with Gasteiger partial charge in [-0.25, -0.2) is 8.42 Å². The van der Waals surface area contributed by atoms with E-state index in [2.05, 4.69) is 19.9 Å². The van der Waals surface area contributed by atoms with Crippen LogP contribution in [0.1, 0.15) is 56.6 Å². The lowest BCUT2D eigenvalue weighted by Crippen LogP contribution is -2.43. The zero-order valence-electron chi connectivity index (χ0n) is 12.0. The lowest BCUT2D eigenvalue weighted by Gasteiger charge is -2.36. The molecule has 1 aromatic rings. The van der Waals surface area contributed by atoms with Crippen LogP contribution in [-0.4, -0.2) is 24.0 Å². The minimum Gasteiger partial charge on any atom is -0.385 e. The van der Waals surface area contributed by atoms with Crippen molar-refractivity contribution < 1.29 is 13.5 Å². The van der Waals surface area contributed by atoms with E-state index in [1.807, 2.05) is 18.2 Å². The van der Waals surface area contributed by atoms with Gasteiger partial charge in [-0.15, -0.1) is 0 Å². The van der Waals surface area contributed by atoms with Gasteiger partial charge < -0.3 is 5.11 Å². The van der Waals surface area contributed by atoms with E-state index in [1.54, 1.807) is 0 Å². The molecule has 3 rings (SSSR count). The molecule has 2 aliphatic heterocycles. The number of benzene rings is 1. The van der Waals surface area contributed by atoms with Crippen molar-refractivity contribution in [2.75, 3.05) is 0 Å². The van der Waals surface area contributed by atoms with Crippen LogP contribution in [0, 0.1) is 0 Å². The van der Waals surface area contributed by atoms with Gasteiger partial charge in [0.1, 0.15) is 0 Å². The molecule has 0 amide bonds. The van der Waals surface area contributed by atoms with Crippen molar-refractivity contribution in [3.63, 3.8) is 0 Å². The van der Waals surface area contributed by atoms with Gasteiger partial charge in [-0.3, -0.25) is 0 Å². The Kier molecular flexibility index (Phi) is 3.22. The van der Waals surface area contributed by atoms with E-state index >= 15 is 0 Å². The van der Waals surface area contributed by atoms with Crippen molar-refractivity contribution >= 4 is 9.84 Å². The van der Waals surface area contributed by atoms with Crippen LogP contribution in [0.5, 0.6) is 0 Å². The zero-order chi connectivity index (χ0) is 14.5. The standard InChI is InChI=1S/C16H22O3S/c1-11(2)12-4-3-5-13(8-12)16(17)9-14-6-7-15(10-16)20(14,18)19/h3-5,8,11,14-15,17H,6-7,9-10H2,1-2H3. The largest absolute Gasteiger partial charge is 0.385 e. The lowest BCUT2D eigenvalue weighted by atomic mass is 9.84. The number of fused-ring (bicyclic) bond motifs is 2. The predicted molar refractivity (Wildman–Crippen MR) is 79.4 cm³/mol. The molecule has 0 aromatic heterocycles. The fraction of sp³-hybridized carbons (Fsp3) is 0.625. The minimum atomic E-state index is -2.99. The van der Waals surface area contributed by atoms with Crippen LogP contribution >= 0.6 is 0 Å². The smallest absolute Gasteiger partial charge is 0.156 e. The Morgan fingerprint density at radius 1 is 1.20 bits per heavy atom. The summed E-state index contributed by atoms with van der Waals surface area (Å²) >= 11 is 0. The normalized spacial score (nSPS) is 35.4. The van der Waals surface area contributed by atoms with Gasteiger partial charge in [-0.1, -0.05) is 38.1 Å². The molecule has 0 saturated carbocycles. The van der Waals surface area contributed by atoms with Crippen LogP contribution in [0.3, 0.4) is 0 Å². The monoisotopic (exact) mass is 294 g/mol. The highest BCUT2D eigenvalue weighted by Crippen LogP contribution is 2.47. The summed E-state index contributed by atoms with van der Waals surface area (Å²) in [5.41, 5.74) is 1.11. The molecule has 2 saturated heterocycles. The summed E-state index contributed by atoms with van der Waals surface area (Å²) in [6, 6.07) is 8.00. The summed E-state index contributed by atoms with van der Waals surface area (Å²) in [7, 11) is -2.99. The third-order valence-corrected chi connectivity index (χ3v) is 7.62. The van der Waals surface area contributed by atoms with Gasteiger partial charge in [-0.2, -0.15) is 0 Å². The molecule has 2 fully saturated rings. The van der Waals surface area contributed by atoms with Gasteiger partial charge in [0.05, 0.1) is 16.1 Å². The van der Waals surface area contributed by atoms with Gasteiger partial charge >= 0.3 is 0 Å². The molecule has 0 spiro atoms. The minimum absolute atomic E-state index is 0.353. The molecule has 0 radical (unpaired) electrons. The first-order chi connectivity index (χ1) is 9.33. The van der Waals surface area contributed by atoms with Gasteiger partial charge in [0.15, 0.2) is 9.84 Å². The first-order valence-corrected chi connectivity index (χ1v) is 8.99. The predicted octanol–water partition coefficient (Wildman–Crippen LogP) is 2.74. The van der Waals surface area contributed by atoms with Crippen molar-refractivity contribution in [2.45, 2.75) is 61.5 Å². The molecule has 3 nitrogen and oxygen atoms in total. The number of hydrogen-bond donors (Lipinski definition) is 1. The Bertz CT molecular complexity index is 598. The Hall–Kier alpha value is -0.870. The maximum atomic E-state index is 12.2. The molecular weight excluding hydrogens is 272 g/mol. The Morgan fingerprint density at radius 2 is 1.80 bits per heavy atom. The molecule has 110 valence electrons. The molecule has 2 atom stereocenters. The van der Waals surface area contributed by atoms with Crippen LogP contribution in [0.15, 0.2) is 24.3 Å². The van der Waals surface area contributed by atoms with Crippen LogP contribution in [0.2, 0.25) is 0 Å². The average molecular weight is 294 g/mol. The Labute approximate surface area is 120 Å². The Balaban J connectivity index is 1.97. The highest BCUT2D eigenvalue weighted by Gasteiger charge is 2.53. The number of sulfone groups is 1. The molecule has 20 heavy (non-hydrogen) atoms. The summed E-state index contributed by atoms with van der Waals surface area (Å²) < 4.78 is 24.3. The molecule has 2 heterocycles. The lowest BCUT2D eigenvalue weighted by molar-refractivity contribution is 0.0172.